The molecule has 0 amide bonds. The van der Waals surface area contributed by atoms with Gasteiger partial charge in [-0.25, -0.2) is 13.1 Å². The van der Waals surface area contributed by atoms with Crippen LogP contribution in [0.5, 0.6) is 0 Å². The Bertz CT molecular complexity index is 420. The molecule has 2 atom stereocenters. The van der Waals surface area contributed by atoms with Crippen LogP contribution in [0, 0.1) is 0 Å². The van der Waals surface area contributed by atoms with Crippen molar-refractivity contribution in [3.8, 4) is 0 Å². The van der Waals surface area contributed by atoms with Gasteiger partial charge in [0.25, 0.3) is 0 Å². The molecule has 1 rings (SSSR count). The van der Waals surface area contributed by atoms with Gasteiger partial charge in [-0.05, 0) is 32.4 Å². The predicted molar refractivity (Wildman–Crippen MR) is 64.0 cm³/mol. The van der Waals surface area contributed by atoms with E-state index in [-0.39, 0.29) is 16.3 Å². The summed E-state index contributed by atoms with van der Waals surface area (Å²) < 4.78 is 26.2. The summed E-state index contributed by atoms with van der Waals surface area (Å²) in [5, 5.41) is -0.0633. The van der Waals surface area contributed by atoms with Crippen molar-refractivity contribution in [1.29, 1.82) is 0 Å². The van der Waals surface area contributed by atoms with Gasteiger partial charge in [0, 0.05) is 23.8 Å². The summed E-state index contributed by atoms with van der Waals surface area (Å²) in [5.74, 6) is 0. The standard InChI is InChI=1S/C10H15ClN2O2S/c1-8(11)6-9(2)13-16(14,15)10-4-3-5-12-7-10/h3-5,7-9,13H,6H2,1-2H3. The first-order valence-corrected chi connectivity index (χ1v) is 6.90. The zero-order valence-corrected chi connectivity index (χ0v) is 10.8. The maximum absolute atomic E-state index is 11.8. The molecule has 0 aromatic carbocycles. The molecular weight excluding hydrogens is 248 g/mol. The van der Waals surface area contributed by atoms with Crippen LogP contribution in [-0.4, -0.2) is 24.8 Å². The van der Waals surface area contributed by atoms with Crippen molar-refractivity contribution in [3.63, 3.8) is 0 Å². The van der Waals surface area contributed by atoms with Gasteiger partial charge in [-0.15, -0.1) is 11.6 Å². The Morgan fingerprint density at radius 3 is 2.69 bits per heavy atom. The molecule has 0 spiro atoms. The van der Waals surface area contributed by atoms with Gasteiger partial charge in [0.05, 0.1) is 0 Å². The molecule has 0 aliphatic rings. The Morgan fingerprint density at radius 2 is 2.19 bits per heavy atom. The highest BCUT2D eigenvalue weighted by Crippen LogP contribution is 2.10. The number of rotatable bonds is 5. The van der Waals surface area contributed by atoms with E-state index >= 15 is 0 Å². The monoisotopic (exact) mass is 262 g/mol. The topological polar surface area (TPSA) is 59.1 Å². The number of aromatic nitrogens is 1. The zero-order chi connectivity index (χ0) is 12.2. The van der Waals surface area contributed by atoms with Gasteiger partial charge in [0.1, 0.15) is 4.90 Å². The van der Waals surface area contributed by atoms with E-state index in [2.05, 4.69) is 9.71 Å². The number of hydrogen-bond acceptors (Lipinski definition) is 3. The molecule has 16 heavy (non-hydrogen) atoms. The molecule has 1 aromatic rings. The van der Waals surface area contributed by atoms with Crippen molar-refractivity contribution in [1.82, 2.24) is 9.71 Å². The Labute approximate surface area is 101 Å². The first-order valence-electron chi connectivity index (χ1n) is 4.98. The van der Waals surface area contributed by atoms with Gasteiger partial charge in [0.15, 0.2) is 0 Å². The molecule has 0 aliphatic carbocycles. The van der Waals surface area contributed by atoms with E-state index in [9.17, 15) is 8.42 Å². The van der Waals surface area contributed by atoms with Crippen LogP contribution in [0.3, 0.4) is 0 Å². The second-order valence-corrected chi connectivity index (χ2v) is 6.19. The van der Waals surface area contributed by atoms with E-state index < -0.39 is 10.0 Å². The summed E-state index contributed by atoms with van der Waals surface area (Å²) in [7, 11) is -3.48. The van der Waals surface area contributed by atoms with Crippen LogP contribution in [0.25, 0.3) is 0 Å². The largest absolute Gasteiger partial charge is 0.263 e. The lowest BCUT2D eigenvalue weighted by Gasteiger charge is -2.14. The van der Waals surface area contributed by atoms with Crippen molar-refractivity contribution in [2.45, 2.75) is 36.6 Å². The number of sulfonamides is 1. The Morgan fingerprint density at radius 1 is 1.50 bits per heavy atom. The average molecular weight is 263 g/mol. The van der Waals surface area contributed by atoms with E-state index in [1.807, 2.05) is 6.92 Å². The smallest absolute Gasteiger partial charge is 0.242 e. The van der Waals surface area contributed by atoms with Gasteiger partial charge < -0.3 is 0 Å². The molecule has 0 saturated heterocycles. The highest BCUT2D eigenvalue weighted by Gasteiger charge is 2.18. The van der Waals surface area contributed by atoms with Crippen LogP contribution in [-0.2, 0) is 10.0 Å². The number of hydrogen-bond donors (Lipinski definition) is 1. The lowest BCUT2D eigenvalue weighted by molar-refractivity contribution is 0.545. The summed E-state index contributed by atoms with van der Waals surface area (Å²) >= 11 is 5.80. The number of nitrogens with zero attached hydrogens (tertiary/aromatic N) is 1. The molecule has 0 fully saturated rings. The highest BCUT2D eigenvalue weighted by atomic mass is 35.5. The third-order valence-corrected chi connectivity index (χ3v) is 3.73. The van der Waals surface area contributed by atoms with Gasteiger partial charge in [-0.3, -0.25) is 4.98 Å². The molecule has 0 saturated carbocycles. The van der Waals surface area contributed by atoms with Crippen molar-refractivity contribution in [2.75, 3.05) is 0 Å². The average Bonchev–Trinajstić information content (AvgIpc) is 2.16. The van der Waals surface area contributed by atoms with Crippen LogP contribution < -0.4 is 4.72 Å². The van der Waals surface area contributed by atoms with Crippen molar-refractivity contribution < 1.29 is 8.42 Å². The second-order valence-electron chi connectivity index (χ2n) is 3.73. The zero-order valence-electron chi connectivity index (χ0n) is 9.22. The van der Waals surface area contributed by atoms with Crippen LogP contribution >= 0.6 is 11.6 Å². The number of nitrogens with one attached hydrogen (secondary N) is 1. The number of halogens is 1. The molecule has 0 radical (unpaired) electrons. The van der Waals surface area contributed by atoms with E-state index in [0.717, 1.165) is 0 Å². The fraction of sp³-hybridized carbons (Fsp3) is 0.500. The van der Waals surface area contributed by atoms with Gasteiger partial charge in [-0.2, -0.15) is 0 Å². The summed E-state index contributed by atoms with van der Waals surface area (Å²) in [6.45, 7) is 3.61. The minimum atomic E-state index is -3.48. The van der Waals surface area contributed by atoms with E-state index in [0.29, 0.717) is 6.42 Å². The Hall–Kier alpha value is -0.650. The molecule has 1 N–H and O–H groups in total. The van der Waals surface area contributed by atoms with Crippen LogP contribution in [0.15, 0.2) is 29.4 Å². The predicted octanol–water partition coefficient (Wildman–Crippen LogP) is 1.77. The summed E-state index contributed by atoms with van der Waals surface area (Å²) in [6, 6.07) is 2.90. The quantitative estimate of drug-likeness (QED) is 0.823. The highest BCUT2D eigenvalue weighted by molar-refractivity contribution is 7.89. The first-order chi connectivity index (χ1) is 7.42. The van der Waals surface area contributed by atoms with E-state index in [1.54, 1.807) is 13.0 Å². The molecule has 0 aliphatic heterocycles. The molecule has 90 valence electrons. The van der Waals surface area contributed by atoms with Crippen molar-refractivity contribution in [2.24, 2.45) is 0 Å². The van der Waals surface area contributed by atoms with Gasteiger partial charge in [0.2, 0.25) is 10.0 Å². The second kappa shape index (κ2) is 5.61. The molecule has 4 nitrogen and oxygen atoms in total. The molecular formula is C10H15ClN2O2S. The molecule has 0 bridgehead atoms. The fourth-order valence-corrected chi connectivity index (χ4v) is 2.86. The Kier molecular flexibility index (Phi) is 4.70. The molecule has 2 unspecified atom stereocenters. The molecule has 6 heteroatoms. The maximum atomic E-state index is 11.8. The third kappa shape index (κ3) is 4.08. The summed E-state index contributed by atoms with van der Waals surface area (Å²) in [4.78, 5) is 3.94. The van der Waals surface area contributed by atoms with Gasteiger partial charge in [-0.1, -0.05) is 0 Å². The lowest BCUT2D eigenvalue weighted by atomic mass is 10.2. The third-order valence-electron chi connectivity index (χ3n) is 1.98. The van der Waals surface area contributed by atoms with Crippen molar-refractivity contribution >= 4 is 21.6 Å². The SMILES string of the molecule is CC(Cl)CC(C)NS(=O)(=O)c1cccnc1. The minimum Gasteiger partial charge on any atom is -0.263 e. The Balaban J connectivity index is 2.73. The van der Waals surface area contributed by atoms with Crippen LogP contribution in [0.1, 0.15) is 20.3 Å². The number of pyridine rings is 1. The first kappa shape index (κ1) is 13.4. The molecule has 1 heterocycles. The normalized spacial score (nSPS) is 15.7. The van der Waals surface area contributed by atoms with Crippen LogP contribution in [0.4, 0.5) is 0 Å². The summed E-state index contributed by atoms with van der Waals surface area (Å²) in [6.07, 6.45) is 3.43. The number of alkyl halides is 1. The van der Waals surface area contributed by atoms with Crippen LogP contribution in [0.2, 0.25) is 0 Å². The maximum Gasteiger partial charge on any atom is 0.242 e. The van der Waals surface area contributed by atoms with Gasteiger partial charge >= 0.3 is 0 Å². The summed E-state index contributed by atoms with van der Waals surface area (Å²) in [5.41, 5.74) is 0. The fourth-order valence-electron chi connectivity index (χ4n) is 1.37. The molecule has 1 aromatic heterocycles. The minimum absolute atomic E-state index is 0.0633. The van der Waals surface area contributed by atoms with E-state index in [4.69, 9.17) is 11.6 Å². The van der Waals surface area contributed by atoms with Crippen molar-refractivity contribution in [3.05, 3.63) is 24.5 Å². The lowest BCUT2D eigenvalue weighted by Crippen LogP contribution is -2.33. The van der Waals surface area contributed by atoms with E-state index in [1.165, 1.54) is 18.5 Å².